The Kier molecular flexibility index (Phi) is 2.91. The van der Waals surface area contributed by atoms with Crippen LogP contribution in [-0.4, -0.2) is 21.1 Å². The first-order valence-corrected chi connectivity index (χ1v) is 5.18. The topological polar surface area (TPSA) is 42.2 Å². The van der Waals surface area contributed by atoms with Gasteiger partial charge in [-0.15, -0.1) is 5.10 Å². The van der Waals surface area contributed by atoms with Gasteiger partial charge in [0.25, 0.3) is 0 Å². The number of aromatic nitrogens is 3. The van der Waals surface area contributed by atoms with Gasteiger partial charge in [0.1, 0.15) is 5.82 Å². The van der Waals surface area contributed by atoms with E-state index in [0.717, 1.165) is 23.7 Å². The van der Waals surface area contributed by atoms with E-state index in [0.29, 0.717) is 5.82 Å². The summed E-state index contributed by atoms with van der Waals surface area (Å²) < 4.78 is 38.4. The zero-order valence-electron chi connectivity index (χ0n) is 9.12. The third kappa shape index (κ3) is 2.48. The van der Waals surface area contributed by atoms with Crippen LogP contribution in [0.3, 0.4) is 0 Å². The normalized spacial score (nSPS) is 12.0. The Labute approximate surface area is 95.5 Å². The highest BCUT2D eigenvalue weighted by Gasteiger charge is 2.34. The molecule has 2 heterocycles. The molecule has 7 heteroatoms. The van der Waals surface area contributed by atoms with Crippen molar-refractivity contribution >= 4 is 11.5 Å². The van der Waals surface area contributed by atoms with Crippen LogP contribution in [0.2, 0.25) is 0 Å². The monoisotopic (exact) mass is 244 g/mol. The molecule has 2 rings (SSSR count). The summed E-state index contributed by atoms with van der Waals surface area (Å²) >= 11 is 0. The summed E-state index contributed by atoms with van der Waals surface area (Å²) in [4.78, 5) is 3.45. The molecule has 92 valence electrons. The fraction of sp³-hybridized carbons (Fsp3) is 0.400. The second kappa shape index (κ2) is 4.23. The standard InChI is InChI=1S/C10H11F3N4/c1-2-5-14-8-3-4-9-15-7(10(11,12)13)6-17(9)16-8/h3-4,6H,2,5H2,1H3,(H,14,16). The molecule has 2 aromatic heterocycles. The number of rotatable bonds is 3. The van der Waals surface area contributed by atoms with Crippen LogP contribution >= 0.6 is 0 Å². The van der Waals surface area contributed by atoms with Crippen molar-refractivity contribution < 1.29 is 13.2 Å². The van der Waals surface area contributed by atoms with Crippen molar-refractivity contribution in [1.29, 1.82) is 0 Å². The molecule has 0 saturated carbocycles. The van der Waals surface area contributed by atoms with Crippen molar-refractivity contribution in [3.05, 3.63) is 24.0 Å². The maximum absolute atomic E-state index is 12.4. The molecule has 0 bridgehead atoms. The molecule has 0 aliphatic carbocycles. The smallest absolute Gasteiger partial charge is 0.369 e. The highest BCUT2D eigenvalue weighted by atomic mass is 19.4. The van der Waals surface area contributed by atoms with Crippen LogP contribution in [0.1, 0.15) is 19.0 Å². The average Bonchev–Trinajstić information content (AvgIpc) is 2.68. The largest absolute Gasteiger partial charge is 0.434 e. The summed E-state index contributed by atoms with van der Waals surface area (Å²) in [5, 5.41) is 6.98. The summed E-state index contributed by atoms with van der Waals surface area (Å²) in [7, 11) is 0. The molecular weight excluding hydrogens is 233 g/mol. The van der Waals surface area contributed by atoms with Crippen molar-refractivity contribution in [1.82, 2.24) is 14.6 Å². The number of anilines is 1. The van der Waals surface area contributed by atoms with Gasteiger partial charge in [-0.1, -0.05) is 6.92 Å². The Bertz CT molecular complexity index is 518. The van der Waals surface area contributed by atoms with Crippen LogP contribution in [0.5, 0.6) is 0 Å². The first-order valence-electron chi connectivity index (χ1n) is 5.18. The highest BCUT2D eigenvalue weighted by molar-refractivity contribution is 5.45. The Hall–Kier alpha value is -1.79. The fourth-order valence-electron chi connectivity index (χ4n) is 1.37. The third-order valence-electron chi connectivity index (χ3n) is 2.17. The summed E-state index contributed by atoms with van der Waals surface area (Å²) in [6, 6.07) is 3.11. The van der Waals surface area contributed by atoms with Gasteiger partial charge in [-0.25, -0.2) is 9.50 Å². The molecule has 0 aliphatic heterocycles. The van der Waals surface area contributed by atoms with Crippen molar-refractivity contribution in [3.8, 4) is 0 Å². The molecule has 0 fully saturated rings. The summed E-state index contributed by atoms with van der Waals surface area (Å²) in [5.74, 6) is 0.533. The van der Waals surface area contributed by atoms with E-state index in [2.05, 4.69) is 15.4 Å². The second-order valence-corrected chi connectivity index (χ2v) is 3.57. The lowest BCUT2D eigenvalue weighted by molar-refractivity contribution is -0.140. The van der Waals surface area contributed by atoms with Gasteiger partial charge in [0.15, 0.2) is 11.3 Å². The third-order valence-corrected chi connectivity index (χ3v) is 2.17. The molecule has 0 amide bonds. The van der Waals surface area contributed by atoms with Crippen LogP contribution in [0.4, 0.5) is 19.0 Å². The SMILES string of the molecule is CCCNc1ccc2nc(C(F)(F)F)cn2n1. The molecule has 4 nitrogen and oxygen atoms in total. The number of nitrogens with one attached hydrogen (secondary N) is 1. The molecular formula is C10H11F3N4. The van der Waals surface area contributed by atoms with Crippen LogP contribution in [0, 0.1) is 0 Å². The minimum Gasteiger partial charge on any atom is -0.369 e. The molecule has 0 spiro atoms. The zero-order valence-corrected chi connectivity index (χ0v) is 9.12. The molecule has 0 aromatic carbocycles. The Morgan fingerprint density at radius 2 is 2.12 bits per heavy atom. The Morgan fingerprint density at radius 3 is 2.76 bits per heavy atom. The molecule has 2 aromatic rings. The van der Waals surface area contributed by atoms with Gasteiger partial charge in [-0.3, -0.25) is 0 Å². The maximum Gasteiger partial charge on any atom is 0.434 e. The summed E-state index contributed by atoms with van der Waals surface area (Å²) in [6.07, 6.45) is -2.64. The Balaban J connectivity index is 2.34. The van der Waals surface area contributed by atoms with Gasteiger partial charge in [-0.05, 0) is 18.6 Å². The molecule has 17 heavy (non-hydrogen) atoms. The summed E-state index contributed by atoms with van der Waals surface area (Å²) in [6.45, 7) is 2.71. The van der Waals surface area contributed by atoms with Gasteiger partial charge < -0.3 is 5.32 Å². The van der Waals surface area contributed by atoms with Crippen molar-refractivity contribution in [2.45, 2.75) is 19.5 Å². The van der Waals surface area contributed by atoms with Crippen molar-refractivity contribution in [2.75, 3.05) is 11.9 Å². The molecule has 0 saturated heterocycles. The van der Waals surface area contributed by atoms with E-state index in [9.17, 15) is 13.2 Å². The minimum absolute atomic E-state index is 0.180. The van der Waals surface area contributed by atoms with E-state index in [1.807, 2.05) is 6.92 Å². The molecule has 1 N–H and O–H groups in total. The van der Waals surface area contributed by atoms with E-state index >= 15 is 0 Å². The predicted molar refractivity (Wildman–Crippen MR) is 56.8 cm³/mol. The fourth-order valence-corrected chi connectivity index (χ4v) is 1.37. The second-order valence-electron chi connectivity index (χ2n) is 3.57. The lowest BCUT2D eigenvalue weighted by Gasteiger charge is -2.02. The number of nitrogens with zero attached hydrogens (tertiary/aromatic N) is 3. The molecule has 0 radical (unpaired) electrons. The predicted octanol–water partition coefficient (Wildman–Crippen LogP) is 2.57. The minimum atomic E-state index is -4.44. The first kappa shape index (κ1) is 11.7. The number of hydrogen-bond donors (Lipinski definition) is 1. The van der Waals surface area contributed by atoms with E-state index in [1.165, 1.54) is 6.07 Å². The zero-order chi connectivity index (χ0) is 12.5. The number of fused-ring (bicyclic) bond motifs is 1. The van der Waals surface area contributed by atoms with Gasteiger partial charge in [0, 0.05) is 6.54 Å². The highest BCUT2D eigenvalue weighted by Crippen LogP contribution is 2.28. The quantitative estimate of drug-likeness (QED) is 0.902. The molecule has 0 unspecified atom stereocenters. The van der Waals surface area contributed by atoms with E-state index in [4.69, 9.17) is 0 Å². The van der Waals surface area contributed by atoms with Crippen molar-refractivity contribution in [3.63, 3.8) is 0 Å². The number of imidazole rings is 1. The van der Waals surface area contributed by atoms with Gasteiger partial charge in [-0.2, -0.15) is 13.2 Å². The average molecular weight is 244 g/mol. The first-order chi connectivity index (χ1) is 8.00. The Morgan fingerprint density at radius 1 is 1.35 bits per heavy atom. The van der Waals surface area contributed by atoms with E-state index < -0.39 is 11.9 Å². The lowest BCUT2D eigenvalue weighted by atomic mass is 10.4. The molecule has 0 aliphatic rings. The van der Waals surface area contributed by atoms with E-state index in [-0.39, 0.29) is 5.65 Å². The maximum atomic E-state index is 12.4. The lowest BCUT2D eigenvalue weighted by Crippen LogP contribution is -2.05. The van der Waals surface area contributed by atoms with Gasteiger partial charge >= 0.3 is 6.18 Å². The van der Waals surface area contributed by atoms with Crippen LogP contribution in [-0.2, 0) is 6.18 Å². The van der Waals surface area contributed by atoms with Crippen LogP contribution in [0.15, 0.2) is 18.3 Å². The number of alkyl halides is 3. The van der Waals surface area contributed by atoms with Gasteiger partial charge in [0.2, 0.25) is 0 Å². The van der Waals surface area contributed by atoms with Crippen LogP contribution in [0.25, 0.3) is 5.65 Å². The van der Waals surface area contributed by atoms with E-state index in [1.54, 1.807) is 6.07 Å². The summed E-state index contributed by atoms with van der Waals surface area (Å²) in [5.41, 5.74) is -0.753. The molecule has 0 atom stereocenters. The van der Waals surface area contributed by atoms with Crippen molar-refractivity contribution in [2.24, 2.45) is 0 Å². The van der Waals surface area contributed by atoms with Gasteiger partial charge in [0.05, 0.1) is 6.20 Å². The van der Waals surface area contributed by atoms with Crippen LogP contribution < -0.4 is 5.32 Å². The number of halogens is 3. The number of hydrogen-bond acceptors (Lipinski definition) is 3.